The van der Waals surface area contributed by atoms with Gasteiger partial charge < -0.3 is 20.4 Å². The predicted octanol–water partition coefficient (Wildman–Crippen LogP) is 1.14. The fraction of sp³-hybridized carbons (Fsp3) is 0. The fourth-order valence-electron chi connectivity index (χ4n) is 1.50. The molecule has 0 spiro atoms. The highest BCUT2D eigenvalue weighted by Gasteiger charge is 2.20. The molecule has 4 N–H and O–H groups in total. The van der Waals surface area contributed by atoms with Crippen LogP contribution in [0.5, 0.6) is 23.0 Å². The molecule has 1 aromatic heterocycles. The van der Waals surface area contributed by atoms with Gasteiger partial charge in [-0.1, -0.05) is 0 Å². The summed E-state index contributed by atoms with van der Waals surface area (Å²) in [6.07, 6.45) is 1.22. The molecule has 18 heavy (non-hydrogen) atoms. The first-order chi connectivity index (χ1) is 8.49. The number of phenols is 3. The summed E-state index contributed by atoms with van der Waals surface area (Å²) < 4.78 is 0. The molecule has 0 fully saturated rings. The van der Waals surface area contributed by atoms with Gasteiger partial charge in [-0.2, -0.15) is 0 Å². The molecule has 0 radical (unpaired) electrons. The summed E-state index contributed by atoms with van der Waals surface area (Å²) in [7, 11) is 0. The van der Waals surface area contributed by atoms with E-state index in [9.17, 15) is 20.1 Å². The van der Waals surface area contributed by atoms with Gasteiger partial charge in [-0.3, -0.25) is 9.78 Å². The number of pyridine rings is 1. The van der Waals surface area contributed by atoms with Crippen molar-refractivity contribution in [3.63, 3.8) is 0 Å². The number of phenolic OH excluding ortho intramolecular Hbond substituents is 3. The quantitative estimate of drug-likeness (QED) is 0.592. The second-order valence-corrected chi connectivity index (χ2v) is 3.59. The van der Waals surface area contributed by atoms with E-state index in [1.54, 1.807) is 0 Å². The molecule has 0 amide bonds. The average molecular weight is 247 g/mol. The van der Waals surface area contributed by atoms with Gasteiger partial charge in [0.15, 0.2) is 0 Å². The van der Waals surface area contributed by atoms with Gasteiger partial charge in [0.05, 0.1) is 0 Å². The smallest absolute Gasteiger partial charge is 0.218 e. The number of aromatic nitrogens is 1. The van der Waals surface area contributed by atoms with Gasteiger partial charge in [-0.15, -0.1) is 0 Å². The SMILES string of the molecule is O=C(c1cc(O)ccn1)c1c(O)cc(O)cc1O. The van der Waals surface area contributed by atoms with Crippen molar-refractivity contribution in [2.24, 2.45) is 0 Å². The first-order valence-electron chi connectivity index (χ1n) is 4.93. The highest BCUT2D eigenvalue weighted by atomic mass is 16.3. The van der Waals surface area contributed by atoms with Gasteiger partial charge in [0, 0.05) is 24.4 Å². The van der Waals surface area contributed by atoms with E-state index in [0.29, 0.717) is 0 Å². The van der Waals surface area contributed by atoms with Crippen LogP contribution in [-0.4, -0.2) is 31.2 Å². The number of carbonyl (C=O) groups excluding carboxylic acids is 1. The Hall–Kier alpha value is -2.76. The van der Waals surface area contributed by atoms with Crippen molar-refractivity contribution in [2.45, 2.75) is 0 Å². The molecule has 2 rings (SSSR count). The van der Waals surface area contributed by atoms with Crippen LogP contribution in [0.25, 0.3) is 0 Å². The lowest BCUT2D eigenvalue weighted by Crippen LogP contribution is -2.04. The number of benzene rings is 1. The number of nitrogens with zero attached hydrogens (tertiary/aromatic N) is 1. The lowest BCUT2D eigenvalue weighted by molar-refractivity contribution is 0.102. The van der Waals surface area contributed by atoms with Gasteiger partial charge in [-0.05, 0) is 6.07 Å². The molecule has 1 heterocycles. The number of rotatable bonds is 2. The highest BCUT2D eigenvalue weighted by Crippen LogP contribution is 2.33. The summed E-state index contributed by atoms with van der Waals surface area (Å²) in [5, 5.41) is 37.4. The Morgan fingerprint density at radius 1 is 0.944 bits per heavy atom. The lowest BCUT2D eigenvalue weighted by atomic mass is 10.0. The fourth-order valence-corrected chi connectivity index (χ4v) is 1.50. The van der Waals surface area contributed by atoms with E-state index in [-0.39, 0.29) is 22.8 Å². The summed E-state index contributed by atoms with van der Waals surface area (Å²) in [5.74, 6) is -2.43. The minimum Gasteiger partial charge on any atom is -0.508 e. The van der Waals surface area contributed by atoms with Crippen LogP contribution in [0.2, 0.25) is 0 Å². The van der Waals surface area contributed by atoms with Gasteiger partial charge in [0.25, 0.3) is 0 Å². The van der Waals surface area contributed by atoms with Crippen molar-refractivity contribution in [3.8, 4) is 23.0 Å². The van der Waals surface area contributed by atoms with Crippen molar-refractivity contribution in [1.82, 2.24) is 4.98 Å². The van der Waals surface area contributed by atoms with E-state index >= 15 is 0 Å². The van der Waals surface area contributed by atoms with Crippen LogP contribution < -0.4 is 0 Å². The molecular formula is C12H9NO5. The van der Waals surface area contributed by atoms with Gasteiger partial charge in [0.2, 0.25) is 5.78 Å². The van der Waals surface area contributed by atoms with Crippen LogP contribution in [0.1, 0.15) is 16.1 Å². The second kappa shape index (κ2) is 4.25. The zero-order chi connectivity index (χ0) is 13.3. The monoisotopic (exact) mass is 247 g/mol. The molecule has 6 heteroatoms. The molecule has 0 saturated carbocycles. The maximum absolute atomic E-state index is 12.0. The number of carbonyl (C=O) groups is 1. The largest absolute Gasteiger partial charge is 0.508 e. The van der Waals surface area contributed by atoms with E-state index in [4.69, 9.17) is 5.11 Å². The first kappa shape index (κ1) is 11.7. The third-order valence-electron chi connectivity index (χ3n) is 2.28. The Morgan fingerprint density at radius 3 is 2.11 bits per heavy atom. The second-order valence-electron chi connectivity index (χ2n) is 3.59. The van der Waals surface area contributed by atoms with Gasteiger partial charge in [0.1, 0.15) is 34.3 Å². The van der Waals surface area contributed by atoms with Crippen molar-refractivity contribution in [3.05, 3.63) is 41.7 Å². The summed E-state index contributed by atoms with van der Waals surface area (Å²) in [4.78, 5) is 15.7. The molecule has 1 aromatic carbocycles. The number of hydrogen-bond donors (Lipinski definition) is 4. The molecule has 0 aliphatic carbocycles. The third kappa shape index (κ3) is 2.03. The molecule has 6 nitrogen and oxygen atoms in total. The van der Waals surface area contributed by atoms with Crippen LogP contribution in [0.4, 0.5) is 0 Å². The van der Waals surface area contributed by atoms with Crippen molar-refractivity contribution < 1.29 is 25.2 Å². The third-order valence-corrected chi connectivity index (χ3v) is 2.28. The summed E-state index contributed by atoms with van der Waals surface area (Å²) in [6.45, 7) is 0. The van der Waals surface area contributed by atoms with Crippen molar-refractivity contribution in [1.29, 1.82) is 0 Å². The number of ketones is 1. The predicted molar refractivity (Wildman–Crippen MR) is 60.8 cm³/mol. The van der Waals surface area contributed by atoms with E-state index in [0.717, 1.165) is 18.2 Å². The maximum Gasteiger partial charge on any atom is 0.218 e. The zero-order valence-corrected chi connectivity index (χ0v) is 9.03. The molecule has 0 unspecified atom stereocenters. The normalized spacial score (nSPS) is 10.2. The summed E-state index contributed by atoms with van der Waals surface area (Å²) >= 11 is 0. The zero-order valence-electron chi connectivity index (χ0n) is 9.03. The van der Waals surface area contributed by atoms with Crippen LogP contribution >= 0.6 is 0 Å². The van der Waals surface area contributed by atoms with Crippen LogP contribution in [0, 0.1) is 0 Å². The van der Waals surface area contributed by atoms with Crippen LogP contribution in [0.15, 0.2) is 30.5 Å². The lowest BCUT2D eigenvalue weighted by Gasteiger charge is -2.06. The molecular weight excluding hydrogens is 238 g/mol. The first-order valence-corrected chi connectivity index (χ1v) is 4.93. The van der Waals surface area contributed by atoms with Gasteiger partial charge >= 0.3 is 0 Å². The van der Waals surface area contributed by atoms with E-state index in [1.165, 1.54) is 12.3 Å². The Balaban J connectivity index is 2.53. The average Bonchev–Trinajstić information content (AvgIpc) is 2.27. The summed E-state index contributed by atoms with van der Waals surface area (Å²) in [6, 6.07) is 4.24. The van der Waals surface area contributed by atoms with E-state index in [2.05, 4.69) is 4.98 Å². The molecule has 92 valence electrons. The number of aromatic hydroxyl groups is 4. The molecule has 0 saturated heterocycles. The maximum atomic E-state index is 12.0. The minimum atomic E-state index is -0.763. The molecule has 0 atom stereocenters. The minimum absolute atomic E-state index is 0.133. The highest BCUT2D eigenvalue weighted by molar-refractivity contribution is 6.11. The standard InChI is InChI=1S/C12H9NO5/c14-6-1-2-13-8(3-6)12(18)11-9(16)4-7(15)5-10(11)17/h1-5,15-17H,(H,13,14). The Bertz CT molecular complexity index is 601. The van der Waals surface area contributed by atoms with E-state index < -0.39 is 17.3 Å². The molecule has 0 aliphatic heterocycles. The Morgan fingerprint density at radius 2 is 1.56 bits per heavy atom. The molecule has 2 aromatic rings. The topological polar surface area (TPSA) is 111 Å². The summed E-state index contributed by atoms with van der Waals surface area (Å²) in [5.41, 5.74) is -0.516. The molecule has 0 aliphatic rings. The van der Waals surface area contributed by atoms with Gasteiger partial charge in [-0.25, -0.2) is 0 Å². The van der Waals surface area contributed by atoms with E-state index in [1.807, 2.05) is 0 Å². The van der Waals surface area contributed by atoms with Crippen molar-refractivity contribution >= 4 is 5.78 Å². The number of hydrogen-bond acceptors (Lipinski definition) is 6. The Kier molecular flexibility index (Phi) is 2.77. The molecule has 0 bridgehead atoms. The van der Waals surface area contributed by atoms with Crippen LogP contribution in [-0.2, 0) is 0 Å². The van der Waals surface area contributed by atoms with Crippen molar-refractivity contribution in [2.75, 3.05) is 0 Å². The van der Waals surface area contributed by atoms with Crippen LogP contribution in [0.3, 0.4) is 0 Å². The Labute approximate surface area is 101 Å².